The molecule has 19 heavy (non-hydrogen) atoms. The normalized spacial score (nSPS) is 22.5. The molecule has 1 atom stereocenters. The van der Waals surface area contributed by atoms with E-state index >= 15 is 0 Å². The van der Waals surface area contributed by atoms with Gasteiger partial charge in [0.2, 0.25) is 0 Å². The molecule has 0 saturated heterocycles. The van der Waals surface area contributed by atoms with Crippen molar-refractivity contribution in [2.24, 2.45) is 4.99 Å². The maximum atomic E-state index is 12.5. The van der Waals surface area contributed by atoms with Crippen LogP contribution in [-0.2, 0) is 26.2 Å². The molecule has 4 nitrogen and oxygen atoms in total. The van der Waals surface area contributed by atoms with Crippen LogP contribution in [0.5, 0.6) is 0 Å². The van der Waals surface area contributed by atoms with E-state index in [1.54, 1.807) is 0 Å². The summed E-state index contributed by atoms with van der Waals surface area (Å²) in [6.45, 7) is 0.0934. The average molecular weight is 273 g/mol. The van der Waals surface area contributed by atoms with E-state index < -0.39 is 23.4 Å². The molecule has 0 bridgehead atoms. The Kier molecular flexibility index (Phi) is 3.32. The quantitative estimate of drug-likeness (QED) is 0.775. The van der Waals surface area contributed by atoms with Gasteiger partial charge in [-0.15, -0.1) is 0 Å². The first-order chi connectivity index (χ1) is 8.90. The van der Waals surface area contributed by atoms with Gasteiger partial charge in [0, 0.05) is 11.8 Å². The third-order valence-corrected chi connectivity index (χ3v) is 2.71. The van der Waals surface area contributed by atoms with Crippen LogP contribution in [0.4, 0.5) is 13.2 Å². The highest BCUT2D eigenvalue weighted by atomic mass is 19.4. The molecule has 7 heteroatoms. The van der Waals surface area contributed by atoms with Crippen LogP contribution >= 0.6 is 0 Å². The average Bonchev–Trinajstić information content (AvgIpc) is 2.87. The Bertz CT molecular complexity index is 510. The van der Waals surface area contributed by atoms with Crippen LogP contribution < -0.4 is 0 Å². The van der Waals surface area contributed by atoms with Crippen LogP contribution in [0, 0.1) is 0 Å². The zero-order valence-corrected chi connectivity index (χ0v) is 9.90. The van der Waals surface area contributed by atoms with Gasteiger partial charge in [-0.2, -0.15) is 13.2 Å². The molecule has 0 aliphatic carbocycles. The number of rotatable bonds is 2. The maximum Gasteiger partial charge on any atom is 0.416 e. The molecule has 1 heterocycles. The number of nitrogens with zero attached hydrogens (tertiary/aromatic N) is 1. The van der Waals surface area contributed by atoms with E-state index in [2.05, 4.69) is 9.73 Å². The lowest BCUT2D eigenvalue weighted by Crippen LogP contribution is -2.35. The number of carbonyl (C=O) groups excluding carboxylic acids is 1. The van der Waals surface area contributed by atoms with Crippen molar-refractivity contribution >= 4 is 12.2 Å². The molecule has 0 aromatic heterocycles. The number of aliphatic imine (C=N–C) groups is 1. The van der Waals surface area contributed by atoms with Gasteiger partial charge < -0.3 is 9.47 Å². The molecule has 2 rings (SSSR count). The highest BCUT2D eigenvalue weighted by Crippen LogP contribution is 2.34. The number of esters is 1. The van der Waals surface area contributed by atoms with Crippen molar-refractivity contribution in [1.29, 1.82) is 0 Å². The van der Waals surface area contributed by atoms with Crippen molar-refractivity contribution in [2.75, 3.05) is 13.7 Å². The highest BCUT2D eigenvalue weighted by Gasteiger charge is 2.45. The second kappa shape index (κ2) is 4.65. The number of hydrogen-bond acceptors (Lipinski definition) is 4. The van der Waals surface area contributed by atoms with Crippen molar-refractivity contribution in [1.82, 2.24) is 0 Å². The number of ether oxygens (including phenoxy) is 2. The van der Waals surface area contributed by atoms with Crippen LogP contribution in [0.2, 0.25) is 0 Å². The van der Waals surface area contributed by atoms with E-state index in [1.165, 1.54) is 6.21 Å². The van der Waals surface area contributed by atoms with E-state index in [9.17, 15) is 18.0 Å². The van der Waals surface area contributed by atoms with E-state index in [0.717, 1.165) is 31.4 Å². The van der Waals surface area contributed by atoms with Crippen molar-refractivity contribution in [3.05, 3.63) is 35.4 Å². The van der Waals surface area contributed by atoms with E-state index in [1.807, 2.05) is 0 Å². The van der Waals surface area contributed by atoms with Crippen LogP contribution in [0.25, 0.3) is 0 Å². The minimum Gasteiger partial charge on any atom is -0.465 e. The van der Waals surface area contributed by atoms with E-state index in [0.29, 0.717) is 0 Å². The number of methoxy groups -OCH3 is 1. The number of benzene rings is 1. The minimum atomic E-state index is -4.43. The molecule has 0 spiro atoms. The van der Waals surface area contributed by atoms with Gasteiger partial charge >= 0.3 is 12.1 Å². The second-order valence-electron chi connectivity index (χ2n) is 3.83. The predicted molar refractivity (Wildman–Crippen MR) is 59.6 cm³/mol. The molecule has 1 aliphatic heterocycles. The molecule has 102 valence electrons. The molecule has 1 aromatic rings. The Hall–Kier alpha value is -1.89. The number of hydrogen-bond donors (Lipinski definition) is 0. The van der Waals surface area contributed by atoms with Crippen molar-refractivity contribution in [2.45, 2.75) is 11.9 Å². The summed E-state index contributed by atoms with van der Waals surface area (Å²) >= 11 is 0. The summed E-state index contributed by atoms with van der Waals surface area (Å²) in [5, 5.41) is 0. The molecule has 1 aliphatic rings. The lowest BCUT2D eigenvalue weighted by Gasteiger charge is -2.23. The number of halogens is 3. The lowest BCUT2D eigenvalue weighted by atomic mass is 10.0. The second-order valence-corrected chi connectivity index (χ2v) is 3.83. The molecule has 0 radical (unpaired) electrons. The molecule has 0 amide bonds. The minimum absolute atomic E-state index is 0.0934. The largest absolute Gasteiger partial charge is 0.465 e. The summed E-state index contributed by atoms with van der Waals surface area (Å²) in [7, 11) is 1.16. The van der Waals surface area contributed by atoms with Crippen LogP contribution in [0.3, 0.4) is 0 Å². The van der Waals surface area contributed by atoms with Gasteiger partial charge in [-0.05, 0) is 12.1 Å². The van der Waals surface area contributed by atoms with Gasteiger partial charge in [-0.25, -0.2) is 9.79 Å². The fourth-order valence-electron chi connectivity index (χ4n) is 1.77. The summed E-state index contributed by atoms with van der Waals surface area (Å²) in [4.78, 5) is 15.6. The van der Waals surface area contributed by atoms with Gasteiger partial charge in [0.1, 0.15) is 0 Å². The van der Waals surface area contributed by atoms with Gasteiger partial charge in [-0.3, -0.25) is 0 Å². The first-order valence-corrected chi connectivity index (χ1v) is 5.34. The molecular formula is C12H10F3NO3. The number of carbonyl (C=O) groups is 1. The Balaban J connectivity index is 2.40. The topological polar surface area (TPSA) is 47.9 Å². The summed E-state index contributed by atoms with van der Waals surface area (Å²) < 4.78 is 47.2. The smallest absolute Gasteiger partial charge is 0.416 e. The van der Waals surface area contributed by atoms with Gasteiger partial charge in [0.05, 0.1) is 19.3 Å². The lowest BCUT2D eigenvalue weighted by molar-refractivity contribution is -0.165. The van der Waals surface area contributed by atoms with Gasteiger partial charge in [0.15, 0.2) is 0 Å². The Morgan fingerprint density at radius 3 is 2.42 bits per heavy atom. The SMILES string of the molecule is COC(=O)C1(c2ccc(C(F)(F)F)cc2)N=CCO1. The zero-order chi connectivity index (χ0) is 14.1. The predicted octanol–water partition coefficient (Wildman–Crippen LogP) is 2.13. The molecule has 1 unspecified atom stereocenters. The molecular weight excluding hydrogens is 263 g/mol. The fraction of sp³-hybridized carbons (Fsp3) is 0.333. The Labute approximate surface area is 106 Å². The third kappa shape index (κ3) is 2.33. The molecule has 0 fully saturated rings. The first kappa shape index (κ1) is 13.5. The fourth-order valence-corrected chi connectivity index (χ4v) is 1.77. The Morgan fingerprint density at radius 1 is 1.37 bits per heavy atom. The summed E-state index contributed by atoms with van der Waals surface area (Å²) in [6, 6.07) is 4.05. The highest BCUT2D eigenvalue weighted by molar-refractivity contribution is 5.84. The molecule has 0 saturated carbocycles. The zero-order valence-electron chi connectivity index (χ0n) is 9.90. The van der Waals surface area contributed by atoms with Gasteiger partial charge in [0.25, 0.3) is 5.72 Å². The van der Waals surface area contributed by atoms with E-state index in [-0.39, 0.29) is 12.2 Å². The van der Waals surface area contributed by atoms with Crippen molar-refractivity contribution in [3.8, 4) is 0 Å². The summed E-state index contributed by atoms with van der Waals surface area (Å²) in [6.07, 6.45) is -3.06. The summed E-state index contributed by atoms with van der Waals surface area (Å²) in [5.74, 6) is -0.777. The standard InChI is InChI=1S/C12H10F3NO3/c1-18-10(17)11(16-6-7-19-11)8-2-4-9(5-3-8)12(13,14)15/h2-6H,7H2,1H3. The number of alkyl halides is 3. The first-order valence-electron chi connectivity index (χ1n) is 5.34. The molecule has 1 aromatic carbocycles. The third-order valence-electron chi connectivity index (χ3n) is 2.71. The van der Waals surface area contributed by atoms with Crippen molar-refractivity contribution < 1.29 is 27.4 Å². The van der Waals surface area contributed by atoms with Gasteiger partial charge in [-0.1, -0.05) is 12.1 Å². The molecule has 0 N–H and O–H groups in total. The summed E-state index contributed by atoms with van der Waals surface area (Å²) in [5.41, 5.74) is -2.31. The van der Waals surface area contributed by atoms with Crippen LogP contribution in [0.1, 0.15) is 11.1 Å². The van der Waals surface area contributed by atoms with Crippen LogP contribution in [0.15, 0.2) is 29.3 Å². The maximum absolute atomic E-state index is 12.5. The van der Waals surface area contributed by atoms with Crippen molar-refractivity contribution in [3.63, 3.8) is 0 Å². The van der Waals surface area contributed by atoms with Crippen LogP contribution in [-0.4, -0.2) is 25.9 Å². The Morgan fingerprint density at radius 2 is 2.00 bits per heavy atom. The monoisotopic (exact) mass is 273 g/mol. The van der Waals surface area contributed by atoms with E-state index in [4.69, 9.17) is 4.74 Å².